The van der Waals surface area contributed by atoms with E-state index in [1.807, 2.05) is 0 Å². The van der Waals surface area contributed by atoms with Crippen molar-refractivity contribution in [1.82, 2.24) is 5.32 Å². The van der Waals surface area contributed by atoms with E-state index in [1.165, 1.54) is 57.8 Å². The molecule has 0 bridgehead atoms. The van der Waals surface area contributed by atoms with Crippen molar-refractivity contribution in [3.63, 3.8) is 0 Å². The molecule has 0 saturated carbocycles. The van der Waals surface area contributed by atoms with Crippen molar-refractivity contribution >= 4 is 0 Å². The van der Waals surface area contributed by atoms with Crippen molar-refractivity contribution in [3.05, 3.63) is 0 Å². The van der Waals surface area contributed by atoms with Crippen LogP contribution < -0.4 is 5.32 Å². The minimum Gasteiger partial charge on any atom is -0.394 e. The van der Waals surface area contributed by atoms with Crippen molar-refractivity contribution in [1.29, 1.82) is 0 Å². The fourth-order valence-electron chi connectivity index (χ4n) is 3.92. The van der Waals surface area contributed by atoms with Crippen molar-refractivity contribution < 1.29 is 30.3 Å². The van der Waals surface area contributed by atoms with Gasteiger partial charge in [-0.25, -0.2) is 0 Å². The maximum Gasteiger partial charge on any atom is 0.173 e. The lowest BCUT2D eigenvalue weighted by Gasteiger charge is -2.40. The molecule has 0 radical (unpaired) electrons. The van der Waals surface area contributed by atoms with Gasteiger partial charge in [0, 0.05) is 0 Å². The summed E-state index contributed by atoms with van der Waals surface area (Å²) in [6, 6.07) is -0.845. The SMILES string of the molecule is CCCCCCCCCCCCCC(O)CCN[C@H]1C(O)O[C@H](CO)[C@@H](O)[C@@H]1O. The molecule has 1 heterocycles. The van der Waals surface area contributed by atoms with Crippen LogP contribution >= 0.6 is 0 Å². The Kier molecular flexibility index (Phi) is 15.1. The summed E-state index contributed by atoms with van der Waals surface area (Å²) in [5, 5.41) is 52.0. The molecule has 2 unspecified atom stereocenters. The predicted octanol–water partition coefficient (Wildman–Crippen LogP) is 1.83. The van der Waals surface area contributed by atoms with Crippen LogP contribution in [0.4, 0.5) is 0 Å². The fraction of sp³-hybridized carbons (Fsp3) is 1.00. The summed E-state index contributed by atoms with van der Waals surface area (Å²) < 4.78 is 5.10. The van der Waals surface area contributed by atoms with E-state index in [4.69, 9.17) is 9.84 Å². The molecule has 0 amide bonds. The molecule has 0 aromatic carbocycles. The number of aliphatic hydroxyl groups is 5. The van der Waals surface area contributed by atoms with E-state index >= 15 is 0 Å². The highest BCUT2D eigenvalue weighted by atomic mass is 16.6. The molecule has 0 aromatic heterocycles. The highest BCUT2D eigenvalue weighted by Gasteiger charge is 2.43. The Morgan fingerprint density at radius 3 is 1.90 bits per heavy atom. The number of ether oxygens (including phenoxy) is 1. The van der Waals surface area contributed by atoms with Gasteiger partial charge in [0.2, 0.25) is 0 Å². The lowest BCUT2D eigenvalue weighted by Crippen LogP contribution is -2.63. The van der Waals surface area contributed by atoms with Gasteiger partial charge in [-0.2, -0.15) is 0 Å². The predicted molar refractivity (Wildman–Crippen MR) is 113 cm³/mol. The van der Waals surface area contributed by atoms with Crippen molar-refractivity contribution in [2.45, 2.75) is 127 Å². The topological polar surface area (TPSA) is 122 Å². The number of hydrogen-bond acceptors (Lipinski definition) is 7. The molecular weight excluding hydrogens is 374 g/mol. The third-order valence-corrected chi connectivity index (χ3v) is 5.90. The van der Waals surface area contributed by atoms with Crippen molar-refractivity contribution in [3.8, 4) is 0 Å². The average molecular weight is 420 g/mol. The molecule has 6 N–H and O–H groups in total. The lowest BCUT2D eigenvalue weighted by molar-refractivity contribution is -0.254. The first-order valence-electron chi connectivity index (χ1n) is 11.7. The highest BCUT2D eigenvalue weighted by Crippen LogP contribution is 2.20. The van der Waals surface area contributed by atoms with Crippen molar-refractivity contribution in [2.75, 3.05) is 13.2 Å². The zero-order valence-corrected chi connectivity index (χ0v) is 18.2. The van der Waals surface area contributed by atoms with E-state index in [9.17, 15) is 20.4 Å². The second-order valence-corrected chi connectivity index (χ2v) is 8.48. The van der Waals surface area contributed by atoms with Crippen LogP contribution in [0.1, 0.15) is 90.4 Å². The summed E-state index contributed by atoms with van der Waals surface area (Å²) in [6.45, 7) is 2.17. The van der Waals surface area contributed by atoms with Gasteiger partial charge in [0.05, 0.1) is 18.8 Å². The monoisotopic (exact) mass is 419 g/mol. The Hall–Kier alpha value is -0.280. The molecule has 1 rings (SSSR count). The molecule has 1 fully saturated rings. The van der Waals surface area contributed by atoms with Crippen LogP contribution in [-0.4, -0.2) is 75.4 Å². The maximum atomic E-state index is 10.1. The molecule has 174 valence electrons. The summed E-state index contributed by atoms with van der Waals surface area (Å²) in [6.07, 6.45) is 10.1. The van der Waals surface area contributed by atoms with E-state index < -0.39 is 43.4 Å². The average Bonchev–Trinajstić information content (AvgIpc) is 2.71. The Balaban J connectivity index is 1.99. The Morgan fingerprint density at radius 2 is 1.34 bits per heavy atom. The maximum absolute atomic E-state index is 10.1. The molecule has 7 heteroatoms. The first-order chi connectivity index (χ1) is 14.0. The Labute approximate surface area is 176 Å². The van der Waals surface area contributed by atoms with Gasteiger partial charge in [-0.05, 0) is 19.4 Å². The van der Waals surface area contributed by atoms with Crippen molar-refractivity contribution in [2.24, 2.45) is 0 Å². The quantitative estimate of drug-likeness (QED) is 0.199. The summed E-state index contributed by atoms with van der Waals surface area (Å²) in [7, 11) is 0. The number of hydrogen-bond donors (Lipinski definition) is 6. The fourth-order valence-corrected chi connectivity index (χ4v) is 3.92. The van der Waals surface area contributed by atoms with Gasteiger partial charge in [-0.1, -0.05) is 77.6 Å². The molecule has 1 saturated heterocycles. The number of aliphatic hydroxyl groups excluding tert-OH is 5. The largest absolute Gasteiger partial charge is 0.394 e. The number of rotatable bonds is 17. The van der Waals surface area contributed by atoms with Gasteiger partial charge in [0.25, 0.3) is 0 Å². The molecule has 6 atom stereocenters. The van der Waals surface area contributed by atoms with Gasteiger partial charge in [0.1, 0.15) is 18.3 Å². The van der Waals surface area contributed by atoms with Crippen LogP contribution in [0.25, 0.3) is 0 Å². The van der Waals surface area contributed by atoms with Crippen LogP contribution in [0.2, 0.25) is 0 Å². The van der Waals surface area contributed by atoms with Crippen LogP contribution in [0, 0.1) is 0 Å². The summed E-state index contributed by atoms with van der Waals surface area (Å²) in [5.41, 5.74) is 0. The number of unbranched alkanes of at least 4 members (excludes halogenated alkanes) is 10. The highest BCUT2D eigenvalue weighted by molar-refractivity contribution is 4.92. The molecule has 1 aliphatic heterocycles. The Bertz CT molecular complexity index is 386. The second kappa shape index (κ2) is 16.4. The van der Waals surface area contributed by atoms with Gasteiger partial charge in [-0.15, -0.1) is 0 Å². The smallest absolute Gasteiger partial charge is 0.173 e. The minimum absolute atomic E-state index is 0.401. The second-order valence-electron chi connectivity index (χ2n) is 8.48. The van der Waals surface area contributed by atoms with E-state index in [-0.39, 0.29) is 0 Å². The van der Waals surface area contributed by atoms with E-state index in [0.29, 0.717) is 13.0 Å². The molecule has 0 aliphatic carbocycles. The first kappa shape index (κ1) is 26.8. The van der Waals surface area contributed by atoms with Crippen LogP contribution in [-0.2, 0) is 4.74 Å². The van der Waals surface area contributed by atoms with E-state index in [1.54, 1.807) is 0 Å². The van der Waals surface area contributed by atoms with Gasteiger partial charge in [-0.3, -0.25) is 0 Å². The third-order valence-electron chi connectivity index (χ3n) is 5.90. The lowest BCUT2D eigenvalue weighted by atomic mass is 9.97. The van der Waals surface area contributed by atoms with Gasteiger partial charge >= 0.3 is 0 Å². The molecule has 1 aliphatic rings. The van der Waals surface area contributed by atoms with Crippen LogP contribution in [0.15, 0.2) is 0 Å². The number of nitrogens with one attached hydrogen (secondary N) is 1. The summed E-state index contributed by atoms with van der Waals surface area (Å²) in [4.78, 5) is 0. The molecule has 7 nitrogen and oxygen atoms in total. The van der Waals surface area contributed by atoms with Crippen LogP contribution in [0.5, 0.6) is 0 Å². The van der Waals surface area contributed by atoms with Gasteiger partial charge < -0.3 is 35.6 Å². The standard InChI is InChI=1S/C22H45NO6/c1-2-3-4-5-6-7-8-9-10-11-12-13-17(25)14-15-23-19-21(27)20(26)18(16-24)29-22(19)28/h17-28H,2-16H2,1H3/t17?,18-,19-,20-,21-,22?/m1/s1. The normalized spacial score (nSPS) is 28.6. The first-order valence-corrected chi connectivity index (χ1v) is 11.7. The van der Waals surface area contributed by atoms with E-state index in [0.717, 1.165) is 19.3 Å². The molecule has 29 heavy (non-hydrogen) atoms. The summed E-state index contributed by atoms with van der Waals surface area (Å²) in [5.74, 6) is 0. The van der Waals surface area contributed by atoms with E-state index in [2.05, 4.69) is 12.2 Å². The zero-order valence-electron chi connectivity index (χ0n) is 18.2. The molecular formula is C22H45NO6. The zero-order chi connectivity index (χ0) is 21.5. The Morgan fingerprint density at radius 1 is 0.793 bits per heavy atom. The molecule has 0 aromatic rings. The summed E-state index contributed by atoms with van der Waals surface area (Å²) >= 11 is 0. The van der Waals surface area contributed by atoms with Crippen LogP contribution in [0.3, 0.4) is 0 Å². The third kappa shape index (κ3) is 11.1. The van der Waals surface area contributed by atoms with Gasteiger partial charge in [0.15, 0.2) is 6.29 Å². The minimum atomic E-state index is -1.31. The molecule has 0 spiro atoms.